The van der Waals surface area contributed by atoms with E-state index in [0.717, 1.165) is 37.1 Å². The predicted octanol–water partition coefficient (Wildman–Crippen LogP) is 3.56. The van der Waals surface area contributed by atoms with Gasteiger partial charge in [0.25, 0.3) is 0 Å². The van der Waals surface area contributed by atoms with Crippen LogP contribution in [0.15, 0.2) is 41.8 Å². The summed E-state index contributed by atoms with van der Waals surface area (Å²) in [4.78, 5) is 19.3. The second kappa shape index (κ2) is 11.0. The third-order valence-corrected chi connectivity index (χ3v) is 6.10. The molecule has 0 aliphatic carbocycles. The number of morpholine rings is 1. The van der Waals surface area contributed by atoms with Crippen LogP contribution in [0.2, 0.25) is 0 Å². The number of hydrogen-bond donors (Lipinski definition) is 1. The fourth-order valence-electron chi connectivity index (χ4n) is 3.77. The van der Waals surface area contributed by atoms with Crippen molar-refractivity contribution in [2.45, 2.75) is 44.9 Å². The molecule has 1 aromatic carbocycles. The number of hydrogen-bond acceptors (Lipinski definition) is 5. The second-order valence-electron chi connectivity index (χ2n) is 8.53. The summed E-state index contributed by atoms with van der Waals surface area (Å²) in [7, 11) is 0. The zero-order chi connectivity index (χ0) is 21.5. The summed E-state index contributed by atoms with van der Waals surface area (Å²) in [6.45, 7) is 13.0. The van der Waals surface area contributed by atoms with Crippen molar-refractivity contribution in [1.82, 2.24) is 19.8 Å². The number of nitrogens with one attached hydrogen (secondary N) is 1. The lowest BCUT2D eigenvalue weighted by Gasteiger charge is -2.33. The quantitative estimate of drug-likeness (QED) is 0.617. The van der Waals surface area contributed by atoms with Crippen molar-refractivity contribution in [2.75, 3.05) is 38.5 Å². The van der Waals surface area contributed by atoms with Crippen molar-refractivity contribution in [2.24, 2.45) is 5.92 Å². The molecular formula is C23H34N4O2S. The Hall–Kier alpha value is -1.83. The van der Waals surface area contributed by atoms with Gasteiger partial charge in [-0.05, 0) is 23.5 Å². The second-order valence-corrected chi connectivity index (χ2v) is 9.47. The lowest BCUT2D eigenvalue weighted by atomic mass is 10.0. The minimum Gasteiger partial charge on any atom is -0.374 e. The van der Waals surface area contributed by atoms with E-state index in [2.05, 4.69) is 65.7 Å². The summed E-state index contributed by atoms with van der Waals surface area (Å²) in [5, 5.41) is 3.86. The van der Waals surface area contributed by atoms with Gasteiger partial charge in [0.05, 0.1) is 24.2 Å². The maximum atomic E-state index is 12.4. The standard InChI is InChI=1S/C23H34N4O2S/c1-17(2)14-26-11-12-29-19(15-26)13-25-22(28)16-30-23-24-9-10-27(23)21-8-6-5-7-20(21)18(3)4/h5-10,17-19H,11-16H2,1-4H3,(H,25,28). The van der Waals surface area contributed by atoms with Crippen molar-refractivity contribution < 1.29 is 9.53 Å². The number of amides is 1. The maximum Gasteiger partial charge on any atom is 0.230 e. The number of para-hydroxylation sites is 1. The molecule has 7 heteroatoms. The van der Waals surface area contributed by atoms with Crippen LogP contribution in [0, 0.1) is 5.92 Å². The molecule has 30 heavy (non-hydrogen) atoms. The SMILES string of the molecule is CC(C)CN1CCOC(CNC(=O)CSc2nccn2-c2ccccc2C(C)C)C1. The van der Waals surface area contributed by atoms with Crippen LogP contribution in [0.1, 0.15) is 39.2 Å². The van der Waals surface area contributed by atoms with E-state index < -0.39 is 0 Å². The Bertz CT molecular complexity index is 821. The Morgan fingerprint density at radius 2 is 2.10 bits per heavy atom. The van der Waals surface area contributed by atoms with E-state index in [9.17, 15) is 4.79 Å². The van der Waals surface area contributed by atoms with Gasteiger partial charge in [-0.1, -0.05) is 57.7 Å². The molecule has 6 nitrogen and oxygen atoms in total. The lowest BCUT2D eigenvalue weighted by molar-refractivity contribution is -0.119. The molecular weight excluding hydrogens is 396 g/mol. The van der Waals surface area contributed by atoms with Crippen LogP contribution in [-0.2, 0) is 9.53 Å². The van der Waals surface area contributed by atoms with E-state index in [1.165, 1.54) is 17.3 Å². The first-order chi connectivity index (χ1) is 14.4. The predicted molar refractivity (Wildman–Crippen MR) is 122 cm³/mol. The van der Waals surface area contributed by atoms with Crippen molar-refractivity contribution in [3.05, 3.63) is 42.2 Å². The smallest absolute Gasteiger partial charge is 0.230 e. The zero-order valence-electron chi connectivity index (χ0n) is 18.5. The fourth-order valence-corrected chi connectivity index (χ4v) is 4.57. The molecule has 1 N–H and O–H groups in total. The average Bonchev–Trinajstić information content (AvgIpc) is 3.19. The molecule has 1 atom stereocenters. The highest BCUT2D eigenvalue weighted by Crippen LogP contribution is 2.27. The third-order valence-electron chi connectivity index (χ3n) is 5.13. The highest BCUT2D eigenvalue weighted by molar-refractivity contribution is 7.99. The Morgan fingerprint density at radius 1 is 1.30 bits per heavy atom. The Labute approximate surface area is 184 Å². The molecule has 1 fully saturated rings. The van der Waals surface area contributed by atoms with Gasteiger partial charge in [-0.3, -0.25) is 14.3 Å². The Morgan fingerprint density at radius 3 is 2.87 bits per heavy atom. The first-order valence-electron chi connectivity index (χ1n) is 10.8. The van der Waals surface area contributed by atoms with Crippen LogP contribution in [0.25, 0.3) is 5.69 Å². The van der Waals surface area contributed by atoms with E-state index in [0.29, 0.717) is 24.1 Å². The number of thioether (sulfide) groups is 1. The molecule has 1 saturated heterocycles. The minimum absolute atomic E-state index is 0.0104. The average molecular weight is 431 g/mol. The molecule has 0 radical (unpaired) electrons. The number of rotatable bonds is 9. The largest absolute Gasteiger partial charge is 0.374 e. The Kier molecular flexibility index (Phi) is 8.36. The first-order valence-corrected chi connectivity index (χ1v) is 11.8. The van der Waals surface area contributed by atoms with Crippen LogP contribution in [-0.4, -0.2) is 65.0 Å². The van der Waals surface area contributed by atoms with Crippen LogP contribution in [0.5, 0.6) is 0 Å². The number of benzene rings is 1. The van der Waals surface area contributed by atoms with E-state index in [1.54, 1.807) is 6.20 Å². The van der Waals surface area contributed by atoms with E-state index in [-0.39, 0.29) is 12.0 Å². The topological polar surface area (TPSA) is 59.4 Å². The molecule has 0 bridgehead atoms. The monoisotopic (exact) mass is 430 g/mol. The molecule has 1 aliphatic heterocycles. The van der Waals surface area contributed by atoms with E-state index in [4.69, 9.17) is 4.74 Å². The summed E-state index contributed by atoms with van der Waals surface area (Å²) < 4.78 is 7.89. The maximum absolute atomic E-state index is 12.4. The number of carbonyl (C=O) groups excluding carboxylic acids is 1. The number of carbonyl (C=O) groups is 1. The Balaban J connectivity index is 1.51. The lowest BCUT2D eigenvalue weighted by Crippen LogP contribution is -2.48. The van der Waals surface area contributed by atoms with Crippen molar-refractivity contribution >= 4 is 17.7 Å². The molecule has 0 saturated carbocycles. The molecule has 1 aliphatic rings. The summed E-state index contributed by atoms with van der Waals surface area (Å²) in [6, 6.07) is 8.35. The summed E-state index contributed by atoms with van der Waals surface area (Å²) in [5.74, 6) is 1.40. The van der Waals surface area contributed by atoms with Gasteiger partial charge in [0.1, 0.15) is 0 Å². The van der Waals surface area contributed by atoms with Gasteiger partial charge in [-0.2, -0.15) is 0 Å². The minimum atomic E-state index is 0.0104. The van der Waals surface area contributed by atoms with Gasteiger partial charge in [0, 0.05) is 38.6 Å². The summed E-state index contributed by atoms with van der Waals surface area (Å²) in [5.41, 5.74) is 2.39. The molecule has 2 heterocycles. The van der Waals surface area contributed by atoms with Gasteiger partial charge >= 0.3 is 0 Å². The molecule has 2 aromatic rings. The van der Waals surface area contributed by atoms with Gasteiger partial charge in [0.15, 0.2) is 5.16 Å². The molecule has 164 valence electrons. The molecule has 1 amide bonds. The normalized spacial score (nSPS) is 17.6. The number of ether oxygens (including phenoxy) is 1. The van der Waals surface area contributed by atoms with Crippen LogP contribution in [0.3, 0.4) is 0 Å². The van der Waals surface area contributed by atoms with Gasteiger partial charge in [-0.25, -0.2) is 4.98 Å². The molecule has 1 aromatic heterocycles. The fraction of sp³-hybridized carbons (Fsp3) is 0.565. The van der Waals surface area contributed by atoms with Crippen molar-refractivity contribution in [3.63, 3.8) is 0 Å². The van der Waals surface area contributed by atoms with Gasteiger partial charge in [-0.15, -0.1) is 0 Å². The van der Waals surface area contributed by atoms with Crippen LogP contribution in [0.4, 0.5) is 0 Å². The number of imidazole rings is 1. The van der Waals surface area contributed by atoms with Gasteiger partial charge < -0.3 is 10.1 Å². The van der Waals surface area contributed by atoms with Crippen LogP contribution < -0.4 is 5.32 Å². The van der Waals surface area contributed by atoms with Crippen LogP contribution >= 0.6 is 11.8 Å². The zero-order valence-corrected chi connectivity index (χ0v) is 19.3. The number of nitrogens with zero attached hydrogens (tertiary/aromatic N) is 3. The van der Waals surface area contributed by atoms with Crippen molar-refractivity contribution in [3.8, 4) is 5.69 Å². The summed E-state index contributed by atoms with van der Waals surface area (Å²) >= 11 is 1.46. The van der Waals surface area contributed by atoms with E-state index in [1.807, 2.05) is 12.3 Å². The van der Waals surface area contributed by atoms with Crippen molar-refractivity contribution in [1.29, 1.82) is 0 Å². The summed E-state index contributed by atoms with van der Waals surface area (Å²) in [6.07, 6.45) is 3.81. The first kappa shape index (κ1) is 22.8. The third kappa shape index (κ3) is 6.33. The van der Waals surface area contributed by atoms with Gasteiger partial charge in [0.2, 0.25) is 5.91 Å². The molecule has 1 unspecified atom stereocenters. The van der Waals surface area contributed by atoms with E-state index >= 15 is 0 Å². The molecule has 0 spiro atoms. The molecule has 3 rings (SSSR count). The number of aromatic nitrogens is 2. The highest BCUT2D eigenvalue weighted by atomic mass is 32.2. The highest BCUT2D eigenvalue weighted by Gasteiger charge is 2.21.